The van der Waals surface area contributed by atoms with Crippen molar-refractivity contribution in [2.75, 3.05) is 5.75 Å². The van der Waals surface area contributed by atoms with Crippen molar-refractivity contribution < 1.29 is 21.1 Å². The molecule has 0 amide bonds. The molecule has 1 unspecified atom stereocenters. The van der Waals surface area contributed by atoms with Gasteiger partial charge >= 0.3 is 10.2 Å². The molecule has 2 nitrogen and oxygen atoms in total. The summed E-state index contributed by atoms with van der Waals surface area (Å²) in [5.41, 5.74) is 0. The molecule has 0 rings (SSSR count). The Kier molecular flexibility index (Phi) is 3.56. The van der Waals surface area contributed by atoms with Crippen molar-refractivity contribution in [3.05, 3.63) is 0 Å². The van der Waals surface area contributed by atoms with Crippen LogP contribution in [0.5, 0.6) is 0 Å². The Morgan fingerprint density at radius 3 is 1.92 bits per heavy atom. The molecule has 0 aromatic carbocycles. The van der Waals surface area contributed by atoms with Crippen LogP contribution >= 0.6 is 0 Å². The summed E-state index contributed by atoms with van der Waals surface area (Å²) in [5, 5.41) is 0. The molecule has 0 aromatic heterocycles. The van der Waals surface area contributed by atoms with Crippen molar-refractivity contribution in [1.29, 1.82) is 0 Å². The van der Waals surface area contributed by atoms with Crippen molar-refractivity contribution in [3.63, 3.8) is 0 Å². The highest BCUT2D eigenvalue weighted by Crippen LogP contribution is 2.27. The molecule has 0 saturated heterocycles. The molecule has 0 saturated carbocycles. The molecule has 12 heavy (non-hydrogen) atoms. The van der Waals surface area contributed by atoms with Gasteiger partial charge in [0.2, 0.25) is 5.92 Å². The number of hydrogen-bond donors (Lipinski definition) is 0. The van der Waals surface area contributed by atoms with E-state index in [1.165, 1.54) is 6.92 Å². The molecule has 0 aliphatic carbocycles. The van der Waals surface area contributed by atoms with Gasteiger partial charge in [-0.15, -0.1) is 3.89 Å². The van der Waals surface area contributed by atoms with Crippen LogP contribution in [0.3, 0.4) is 0 Å². The fourth-order valence-corrected chi connectivity index (χ4v) is 1.87. The van der Waals surface area contributed by atoms with Gasteiger partial charge in [0.25, 0.3) is 0 Å². The highest BCUT2D eigenvalue weighted by atomic mass is 32.3. The molecular weight excluding hydrogens is 193 g/mol. The zero-order chi connectivity index (χ0) is 9.99. The van der Waals surface area contributed by atoms with E-state index in [4.69, 9.17) is 0 Å². The third-order valence-electron chi connectivity index (χ3n) is 1.61. The van der Waals surface area contributed by atoms with Crippen LogP contribution in [0.25, 0.3) is 0 Å². The predicted octanol–water partition coefficient (Wildman–Crippen LogP) is 1.97. The summed E-state index contributed by atoms with van der Waals surface area (Å²) in [6, 6.07) is 0. The molecule has 1 atom stereocenters. The summed E-state index contributed by atoms with van der Waals surface area (Å²) in [4.78, 5) is 0. The molecule has 74 valence electrons. The maximum Gasteiger partial charge on any atom is 0.302 e. The van der Waals surface area contributed by atoms with Gasteiger partial charge in [0.1, 0.15) is 0 Å². The van der Waals surface area contributed by atoms with Crippen LogP contribution in [-0.4, -0.2) is 20.1 Å². The summed E-state index contributed by atoms with van der Waals surface area (Å²) in [6.07, 6.45) is -0.0628. The molecule has 0 aliphatic heterocycles. The van der Waals surface area contributed by atoms with Gasteiger partial charge in [-0.25, -0.2) is 8.78 Å². The van der Waals surface area contributed by atoms with Gasteiger partial charge in [-0.05, 0) is 13.3 Å². The van der Waals surface area contributed by atoms with Crippen molar-refractivity contribution in [3.8, 4) is 0 Å². The average Bonchev–Trinajstić information content (AvgIpc) is 1.78. The maximum absolute atomic E-state index is 12.5. The van der Waals surface area contributed by atoms with Crippen LogP contribution in [0.15, 0.2) is 0 Å². The minimum atomic E-state index is -4.80. The summed E-state index contributed by atoms with van der Waals surface area (Å²) in [5.74, 6) is -5.69. The molecule has 0 aliphatic rings. The first-order chi connectivity index (χ1) is 5.17. The molecule has 6 heteroatoms. The Bertz CT molecular complexity index is 230. The lowest BCUT2D eigenvalue weighted by atomic mass is 10.0. The molecule has 0 fully saturated rings. The van der Waals surface area contributed by atoms with Crippen molar-refractivity contribution in [2.24, 2.45) is 5.92 Å². The first-order valence-electron chi connectivity index (χ1n) is 3.47. The second kappa shape index (κ2) is 3.64. The minimum Gasteiger partial charge on any atom is -0.207 e. The first kappa shape index (κ1) is 11.7. The Morgan fingerprint density at radius 1 is 1.42 bits per heavy atom. The number of hydrogen-bond acceptors (Lipinski definition) is 2. The quantitative estimate of drug-likeness (QED) is 0.656. The topological polar surface area (TPSA) is 34.1 Å². The first-order valence-corrected chi connectivity index (χ1v) is 5.02. The van der Waals surface area contributed by atoms with E-state index in [0.717, 1.165) is 0 Å². The SMILES string of the molecule is CCC(CS(=O)(=O)F)C(C)(F)F. The normalized spacial score (nSPS) is 16.1. The van der Waals surface area contributed by atoms with E-state index in [2.05, 4.69) is 0 Å². The van der Waals surface area contributed by atoms with Gasteiger partial charge in [-0.2, -0.15) is 8.42 Å². The Balaban J connectivity index is 4.41. The minimum absolute atomic E-state index is 0.0628. The molecular formula is C6H11F3O2S. The van der Waals surface area contributed by atoms with Crippen LogP contribution < -0.4 is 0 Å². The van der Waals surface area contributed by atoms with Gasteiger partial charge in [0.05, 0.1) is 5.75 Å². The van der Waals surface area contributed by atoms with Gasteiger partial charge in [0, 0.05) is 5.92 Å². The van der Waals surface area contributed by atoms with Crippen molar-refractivity contribution in [1.82, 2.24) is 0 Å². The molecule has 0 heterocycles. The smallest absolute Gasteiger partial charge is 0.207 e. The van der Waals surface area contributed by atoms with Crippen LogP contribution in [0, 0.1) is 5.92 Å². The van der Waals surface area contributed by atoms with E-state index >= 15 is 0 Å². The lowest BCUT2D eigenvalue weighted by molar-refractivity contribution is -0.0324. The molecule has 0 spiro atoms. The lowest BCUT2D eigenvalue weighted by Crippen LogP contribution is -2.29. The van der Waals surface area contributed by atoms with Gasteiger partial charge in [0.15, 0.2) is 0 Å². The van der Waals surface area contributed by atoms with E-state index in [1.807, 2.05) is 0 Å². The zero-order valence-electron chi connectivity index (χ0n) is 6.85. The number of alkyl halides is 2. The second-order valence-electron chi connectivity index (χ2n) is 2.77. The van der Waals surface area contributed by atoms with Gasteiger partial charge in [-0.3, -0.25) is 0 Å². The monoisotopic (exact) mass is 204 g/mol. The maximum atomic E-state index is 12.5. The van der Waals surface area contributed by atoms with Crippen molar-refractivity contribution in [2.45, 2.75) is 26.2 Å². The Morgan fingerprint density at radius 2 is 1.83 bits per heavy atom. The van der Waals surface area contributed by atoms with E-state index in [1.54, 1.807) is 0 Å². The molecule has 0 N–H and O–H groups in total. The van der Waals surface area contributed by atoms with E-state index in [-0.39, 0.29) is 6.42 Å². The Labute approximate surface area is 70.0 Å². The molecule has 0 radical (unpaired) electrons. The third kappa shape index (κ3) is 4.58. The highest BCUT2D eigenvalue weighted by molar-refractivity contribution is 7.86. The van der Waals surface area contributed by atoms with Crippen molar-refractivity contribution >= 4 is 10.2 Å². The third-order valence-corrected chi connectivity index (χ3v) is 2.41. The van der Waals surface area contributed by atoms with Gasteiger partial charge < -0.3 is 0 Å². The fourth-order valence-electron chi connectivity index (χ4n) is 0.863. The van der Waals surface area contributed by atoms with Crippen LogP contribution in [0.2, 0.25) is 0 Å². The zero-order valence-corrected chi connectivity index (χ0v) is 7.67. The summed E-state index contributed by atoms with van der Waals surface area (Å²) in [6.45, 7) is 1.99. The summed E-state index contributed by atoms with van der Waals surface area (Å²) >= 11 is 0. The Hall–Kier alpha value is -0.260. The van der Waals surface area contributed by atoms with Gasteiger partial charge in [-0.1, -0.05) is 6.92 Å². The molecule has 0 aromatic rings. The summed E-state index contributed by atoms with van der Waals surface area (Å²) in [7, 11) is -4.80. The van der Waals surface area contributed by atoms with E-state index in [0.29, 0.717) is 6.92 Å². The largest absolute Gasteiger partial charge is 0.302 e. The fraction of sp³-hybridized carbons (Fsp3) is 1.00. The van der Waals surface area contributed by atoms with Crippen LogP contribution in [0.4, 0.5) is 12.7 Å². The highest BCUT2D eigenvalue weighted by Gasteiger charge is 2.35. The van der Waals surface area contributed by atoms with E-state index in [9.17, 15) is 21.1 Å². The number of rotatable bonds is 4. The van der Waals surface area contributed by atoms with Crippen LogP contribution in [-0.2, 0) is 10.2 Å². The predicted molar refractivity (Wildman–Crippen MR) is 39.3 cm³/mol. The second-order valence-corrected chi connectivity index (χ2v) is 4.18. The standard InChI is InChI=1S/C6H11F3O2S/c1-3-5(6(2,7)8)4-12(9,10)11/h5H,3-4H2,1-2H3. The van der Waals surface area contributed by atoms with Crippen LogP contribution in [0.1, 0.15) is 20.3 Å². The number of halogens is 3. The summed E-state index contributed by atoms with van der Waals surface area (Å²) < 4.78 is 57.1. The lowest BCUT2D eigenvalue weighted by Gasteiger charge is -2.19. The average molecular weight is 204 g/mol. The van der Waals surface area contributed by atoms with E-state index < -0.39 is 27.8 Å². The molecule has 0 bridgehead atoms.